The Hall–Kier alpha value is -1.06. The predicted octanol–water partition coefficient (Wildman–Crippen LogP) is 2.92. The van der Waals surface area contributed by atoms with Crippen molar-refractivity contribution in [2.45, 2.75) is 38.3 Å². The van der Waals surface area contributed by atoms with Gasteiger partial charge in [0.25, 0.3) is 0 Å². The quantitative estimate of drug-likeness (QED) is 0.856. The lowest BCUT2D eigenvalue weighted by molar-refractivity contribution is -0.147. The average molecular weight is 268 g/mol. The second-order valence-electron chi connectivity index (χ2n) is 4.56. The largest absolute Gasteiger partial charge is 0.460 e. The van der Waals surface area contributed by atoms with E-state index in [9.17, 15) is 4.79 Å². The molecule has 1 atom stereocenters. The molecular formula is C14H18ClNO2. The van der Waals surface area contributed by atoms with E-state index < -0.39 is 0 Å². The summed E-state index contributed by atoms with van der Waals surface area (Å²) in [6.45, 7) is 1.14. The number of ether oxygens (including phenoxy) is 1. The van der Waals surface area contributed by atoms with Gasteiger partial charge in [0.15, 0.2) is 0 Å². The molecule has 1 N–H and O–H groups in total. The number of nitrogens with one attached hydrogen (secondary N) is 1. The zero-order chi connectivity index (χ0) is 12.8. The molecule has 2 rings (SSSR count). The number of benzene rings is 1. The topological polar surface area (TPSA) is 38.3 Å². The Morgan fingerprint density at radius 1 is 1.33 bits per heavy atom. The maximum absolute atomic E-state index is 11.9. The number of hydrogen-bond donors (Lipinski definition) is 1. The number of carbonyl (C=O) groups excluding carboxylic acids is 1. The number of hydrogen-bond acceptors (Lipinski definition) is 3. The van der Waals surface area contributed by atoms with E-state index in [0.717, 1.165) is 31.4 Å². The van der Waals surface area contributed by atoms with E-state index >= 15 is 0 Å². The van der Waals surface area contributed by atoms with Crippen LogP contribution in [-0.2, 0) is 16.1 Å². The van der Waals surface area contributed by atoms with Crippen LogP contribution in [0, 0.1) is 0 Å². The molecule has 1 heterocycles. The second-order valence-corrected chi connectivity index (χ2v) is 4.96. The van der Waals surface area contributed by atoms with Crippen molar-refractivity contribution in [3.8, 4) is 0 Å². The Morgan fingerprint density at radius 3 is 3.00 bits per heavy atom. The summed E-state index contributed by atoms with van der Waals surface area (Å²) in [4.78, 5) is 11.9. The zero-order valence-electron chi connectivity index (χ0n) is 10.3. The molecule has 1 aromatic carbocycles. The molecule has 18 heavy (non-hydrogen) atoms. The fourth-order valence-corrected chi connectivity index (χ4v) is 2.28. The Labute approximate surface area is 112 Å². The first kappa shape index (κ1) is 13.4. The van der Waals surface area contributed by atoms with Crippen LogP contribution >= 0.6 is 11.6 Å². The van der Waals surface area contributed by atoms with Gasteiger partial charge in [0.2, 0.25) is 0 Å². The lowest BCUT2D eigenvalue weighted by atomic mass is 10.1. The van der Waals surface area contributed by atoms with Gasteiger partial charge >= 0.3 is 5.97 Å². The molecule has 1 fully saturated rings. The van der Waals surface area contributed by atoms with E-state index in [1.165, 1.54) is 6.42 Å². The van der Waals surface area contributed by atoms with Gasteiger partial charge in [-0.3, -0.25) is 4.79 Å². The second kappa shape index (κ2) is 6.76. The summed E-state index contributed by atoms with van der Waals surface area (Å²) in [5.74, 6) is -0.170. The van der Waals surface area contributed by atoms with Crippen LogP contribution in [0.25, 0.3) is 0 Å². The fourth-order valence-electron chi connectivity index (χ4n) is 2.09. The minimum Gasteiger partial charge on any atom is -0.460 e. The van der Waals surface area contributed by atoms with Crippen LogP contribution in [0.5, 0.6) is 0 Å². The van der Waals surface area contributed by atoms with Crippen molar-refractivity contribution < 1.29 is 9.53 Å². The monoisotopic (exact) mass is 267 g/mol. The molecule has 1 aromatic rings. The van der Waals surface area contributed by atoms with Gasteiger partial charge in [-0.25, -0.2) is 0 Å². The van der Waals surface area contributed by atoms with E-state index in [-0.39, 0.29) is 18.6 Å². The van der Waals surface area contributed by atoms with E-state index in [0.29, 0.717) is 5.02 Å². The smallest absolute Gasteiger partial charge is 0.323 e. The average Bonchev–Trinajstić information content (AvgIpc) is 2.66. The third-order valence-corrected chi connectivity index (χ3v) is 3.54. The molecule has 0 bridgehead atoms. The van der Waals surface area contributed by atoms with Gasteiger partial charge in [0, 0.05) is 10.6 Å². The van der Waals surface area contributed by atoms with Gasteiger partial charge in [-0.1, -0.05) is 42.6 Å². The van der Waals surface area contributed by atoms with Gasteiger partial charge in [-0.2, -0.15) is 0 Å². The lowest BCUT2D eigenvalue weighted by Gasteiger charge is -2.15. The number of carbonyl (C=O) groups is 1. The lowest BCUT2D eigenvalue weighted by Crippen LogP contribution is -2.37. The highest BCUT2D eigenvalue weighted by molar-refractivity contribution is 6.31. The van der Waals surface area contributed by atoms with Crippen LogP contribution in [-0.4, -0.2) is 18.6 Å². The molecule has 0 aromatic heterocycles. The molecule has 0 spiro atoms. The van der Waals surface area contributed by atoms with E-state index in [1.807, 2.05) is 18.2 Å². The van der Waals surface area contributed by atoms with Crippen molar-refractivity contribution in [2.24, 2.45) is 0 Å². The predicted molar refractivity (Wildman–Crippen MR) is 71.5 cm³/mol. The first-order valence-electron chi connectivity index (χ1n) is 6.41. The summed E-state index contributed by atoms with van der Waals surface area (Å²) in [6.07, 6.45) is 4.26. The molecule has 0 amide bonds. The normalized spacial score (nSPS) is 20.2. The highest BCUT2D eigenvalue weighted by Gasteiger charge is 2.20. The van der Waals surface area contributed by atoms with Crippen LogP contribution in [0.15, 0.2) is 24.3 Å². The maximum atomic E-state index is 11.9. The van der Waals surface area contributed by atoms with Gasteiger partial charge in [-0.15, -0.1) is 0 Å². The summed E-state index contributed by atoms with van der Waals surface area (Å²) in [5, 5.41) is 3.86. The van der Waals surface area contributed by atoms with Crippen molar-refractivity contribution >= 4 is 17.6 Å². The number of halogens is 1. The maximum Gasteiger partial charge on any atom is 0.323 e. The molecule has 0 radical (unpaired) electrons. The summed E-state index contributed by atoms with van der Waals surface area (Å²) in [5.41, 5.74) is 0.848. The summed E-state index contributed by atoms with van der Waals surface area (Å²) >= 11 is 6.01. The Kier molecular flexibility index (Phi) is 5.02. The molecule has 1 unspecified atom stereocenters. The number of esters is 1. The first-order valence-corrected chi connectivity index (χ1v) is 6.78. The zero-order valence-corrected chi connectivity index (χ0v) is 11.1. The van der Waals surface area contributed by atoms with E-state index in [4.69, 9.17) is 16.3 Å². The molecule has 1 aliphatic rings. The molecule has 98 valence electrons. The Bertz CT molecular complexity index is 401. The molecule has 0 aliphatic carbocycles. The van der Waals surface area contributed by atoms with Gasteiger partial charge in [0.1, 0.15) is 12.6 Å². The van der Waals surface area contributed by atoms with Crippen LogP contribution in [0.4, 0.5) is 0 Å². The Balaban J connectivity index is 1.86. The molecule has 4 heteroatoms. The van der Waals surface area contributed by atoms with Crippen molar-refractivity contribution in [1.82, 2.24) is 5.32 Å². The van der Waals surface area contributed by atoms with Crippen LogP contribution in [0.2, 0.25) is 5.02 Å². The van der Waals surface area contributed by atoms with Crippen molar-refractivity contribution in [2.75, 3.05) is 6.54 Å². The van der Waals surface area contributed by atoms with Crippen LogP contribution in [0.3, 0.4) is 0 Å². The standard InChI is InChI=1S/C14H18ClNO2/c15-12-7-4-3-6-11(12)10-18-14(17)13-8-2-1-5-9-16-13/h3-4,6-7,13,16H,1-2,5,8-10H2. The van der Waals surface area contributed by atoms with Gasteiger partial charge in [-0.05, 0) is 25.5 Å². The minimum absolute atomic E-state index is 0.157. The summed E-state index contributed by atoms with van der Waals surface area (Å²) in [6, 6.07) is 7.26. The van der Waals surface area contributed by atoms with Crippen molar-refractivity contribution in [3.63, 3.8) is 0 Å². The van der Waals surface area contributed by atoms with Crippen molar-refractivity contribution in [3.05, 3.63) is 34.9 Å². The molecule has 0 saturated carbocycles. The summed E-state index contributed by atoms with van der Waals surface area (Å²) in [7, 11) is 0. The molecule has 1 saturated heterocycles. The Morgan fingerprint density at radius 2 is 2.17 bits per heavy atom. The third-order valence-electron chi connectivity index (χ3n) is 3.17. The summed E-state index contributed by atoms with van der Waals surface area (Å²) < 4.78 is 5.32. The van der Waals surface area contributed by atoms with Crippen LogP contribution < -0.4 is 5.32 Å². The van der Waals surface area contributed by atoms with Gasteiger partial charge in [0.05, 0.1) is 0 Å². The molecule has 3 nitrogen and oxygen atoms in total. The van der Waals surface area contributed by atoms with Crippen molar-refractivity contribution in [1.29, 1.82) is 0 Å². The SMILES string of the molecule is O=C(OCc1ccccc1Cl)C1CCCCCN1. The minimum atomic E-state index is -0.170. The molecular weight excluding hydrogens is 250 g/mol. The van der Waals surface area contributed by atoms with Crippen LogP contribution in [0.1, 0.15) is 31.2 Å². The van der Waals surface area contributed by atoms with E-state index in [1.54, 1.807) is 6.07 Å². The van der Waals surface area contributed by atoms with Gasteiger partial charge < -0.3 is 10.1 Å². The highest BCUT2D eigenvalue weighted by atomic mass is 35.5. The van der Waals surface area contributed by atoms with E-state index in [2.05, 4.69) is 5.32 Å². The molecule has 1 aliphatic heterocycles. The number of rotatable bonds is 3. The third kappa shape index (κ3) is 3.72. The highest BCUT2D eigenvalue weighted by Crippen LogP contribution is 2.16. The fraction of sp³-hybridized carbons (Fsp3) is 0.500. The first-order chi connectivity index (χ1) is 8.77.